The van der Waals surface area contributed by atoms with Crippen LogP contribution in [0, 0.1) is 0 Å². The number of hydrogen-bond donors (Lipinski definition) is 12. The molecule has 7 saturated heterocycles. The van der Waals surface area contributed by atoms with E-state index in [0.29, 0.717) is 16.7 Å². The number of halogens is 7. The molecule has 754 valence electrons. The number of benzene rings is 3. The van der Waals surface area contributed by atoms with Crippen LogP contribution in [-0.2, 0) is 98.3 Å². The molecule has 0 amide bonds. The van der Waals surface area contributed by atoms with Gasteiger partial charge in [-0.05, 0) is 168 Å². The highest BCUT2D eigenvalue weighted by atomic mass is 31.2. The Bertz CT molecular complexity index is 4850. The van der Waals surface area contributed by atoms with Gasteiger partial charge in [0.1, 0.15) is 116 Å². The van der Waals surface area contributed by atoms with E-state index in [1.165, 1.54) is 6.08 Å². The number of aliphatic hydroxyl groups is 2. The first kappa shape index (κ1) is 104. The molecule has 0 bridgehead atoms. The van der Waals surface area contributed by atoms with Crippen molar-refractivity contribution in [1.82, 2.24) is 0 Å². The van der Waals surface area contributed by atoms with Gasteiger partial charge in [0.2, 0.25) is 29.5 Å². The molecule has 132 heavy (non-hydrogen) atoms. The van der Waals surface area contributed by atoms with Gasteiger partial charge in [-0.15, -0.1) is 0 Å². The number of aliphatic hydroxyl groups excluding tert-OH is 2. The molecule has 10 rings (SSSR count). The van der Waals surface area contributed by atoms with Crippen LogP contribution in [0.5, 0.6) is 0 Å². The molecule has 0 saturated carbocycles. The topological polar surface area (TPSA) is 491 Å². The van der Waals surface area contributed by atoms with Gasteiger partial charge in [0, 0.05) is 42.3 Å². The highest BCUT2D eigenvalue weighted by Gasteiger charge is 2.50. The van der Waals surface area contributed by atoms with Crippen molar-refractivity contribution in [3.05, 3.63) is 191 Å². The second-order valence-corrected chi connectivity index (χ2v) is 44.2. The third-order valence-corrected chi connectivity index (χ3v) is 22.1. The highest BCUT2D eigenvalue weighted by Crippen LogP contribution is 2.48. The Morgan fingerprint density at radius 1 is 0.318 bits per heavy atom. The molecule has 0 spiro atoms. The predicted octanol–water partition coefficient (Wildman–Crippen LogP) is 15.2. The van der Waals surface area contributed by atoms with E-state index in [0.717, 1.165) is 31.6 Å². The summed E-state index contributed by atoms with van der Waals surface area (Å²) in [5.74, 6) is -5.74. The molecule has 7 aliphatic heterocycles. The van der Waals surface area contributed by atoms with Crippen LogP contribution >= 0.6 is 52.3 Å². The van der Waals surface area contributed by atoms with Crippen molar-refractivity contribution in [1.29, 1.82) is 0 Å². The van der Waals surface area contributed by atoms with Crippen LogP contribution in [0.25, 0.3) is 0 Å². The molecule has 47 heteroatoms. The van der Waals surface area contributed by atoms with Crippen molar-refractivity contribution in [2.24, 2.45) is 0 Å². The quantitative estimate of drug-likeness (QED) is 0.0199. The Hall–Kier alpha value is -4.08. The summed E-state index contributed by atoms with van der Waals surface area (Å²) >= 11 is 0. The largest absolute Gasteiger partial charge is 0.386 e. The van der Waals surface area contributed by atoms with E-state index in [4.69, 9.17) is 120 Å². The van der Waals surface area contributed by atoms with E-state index < -0.39 is 271 Å². The first-order chi connectivity index (χ1) is 65.4. The molecule has 28 atom stereocenters. The molecule has 7 fully saturated rings. The van der Waals surface area contributed by atoms with Crippen LogP contribution in [-0.4, -0.2) is 283 Å². The lowest BCUT2D eigenvalue weighted by Gasteiger charge is -2.20. The summed E-state index contributed by atoms with van der Waals surface area (Å²) in [6.07, 6.45) is -27.4. The Morgan fingerprint density at radius 3 is 0.795 bits per heavy atom. The van der Waals surface area contributed by atoms with Crippen molar-refractivity contribution in [3.63, 3.8) is 0 Å². The molecule has 33 nitrogen and oxygen atoms in total. The summed E-state index contributed by atoms with van der Waals surface area (Å²) in [5, 5.41) is 17.6. The summed E-state index contributed by atoms with van der Waals surface area (Å²) < 4.78 is 327. The van der Waals surface area contributed by atoms with Gasteiger partial charge in [-0.3, -0.25) is 32.0 Å². The minimum absolute atomic E-state index is 0.201. The lowest BCUT2D eigenvalue weighted by Crippen LogP contribution is -2.32. The molecule has 4 unspecified atom stereocenters. The van der Waals surface area contributed by atoms with Crippen molar-refractivity contribution in [2.75, 3.05) is 52.5 Å². The summed E-state index contributed by atoms with van der Waals surface area (Å²) in [7, 11) is -30.2. The fourth-order valence-corrected chi connectivity index (χ4v) is 15.2. The van der Waals surface area contributed by atoms with Gasteiger partial charge in [0.05, 0.1) is 82.9 Å². The normalized spacial score (nSPS) is 33.6. The molecule has 0 aliphatic carbocycles. The summed E-state index contributed by atoms with van der Waals surface area (Å²) in [6.45, 7) is 25.1. The SMILES string of the molecule is [2H]/C(=C(/[2H])P(=O)(O)CO)[C@H]1OC[C@H](F)[C@@H]1OC(C)C.[2H]/C(=C(/[2H])P(=O)(O)O)[C@H]1OC[C@H](F)[C@@H]1OC(C)C.[2H]/C(=C(/[2H])P(C)(=O)O)[C@H]1OC[C@H](F)[C@@H]1OC(C)C.[2H]/C(=C\[C@H]1OC[C@H](F)[C@@H]1OC(C)C)P(=O)(O)O.[2H]/C(=C\[C@H]1O[C@@H](c2ccccc2)[C@H](F)[C@@H]1OC(C)C)P(=O)(O)CO.[2H]/C(=C\[C@H]1O[C@@H](c2ccccc2)[C@H](F)[C@@H]1OC(C)C)P(=O)(O)O.[2H]/C(=C\[C@H]1O[C@@H](c2ccccc2)[C@H](F)[C@@H]1OC(C)C)P(C)(=O)O. The Labute approximate surface area is 780 Å². The van der Waals surface area contributed by atoms with E-state index in [1.54, 1.807) is 182 Å². The molecule has 0 aromatic heterocycles. The van der Waals surface area contributed by atoms with Crippen molar-refractivity contribution >= 4 is 52.3 Å². The number of rotatable bonds is 33. The monoisotopic (exact) mass is 2040 g/mol. The third kappa shape index (κ3) is 45.5. The van der Waals surface area contributed by atoms with Crippen molar-refractivity contribution in [3.8, 4) is 0 Å². The van der Waals surface area contributed by atoms with Crippen LogP contribution < -0.4 is 0 Å². The van der Waals surface area contributed by atoms with E-state index in [2.05, 4.69) is 0 Å². The zero-order valence-corrected chi connectivity index (χ0v) is 81.6. The smallest absolute Gasteiger partial charge is 0.348 e. The van der Waals surface area contributed by atoms with Crippen molar-refractivity contribution < 1.29 is 202 Å². The summed E-state index contributed by atoms with van der Waals surface area (Å²) in [6, 6.07) is 24.5. The Morgan fingerprint density at radius 2 is 0.538 bits per heavy atom. The Kier molecular flexibility index (Phi) is 44.3. The lowest BCUT2D eigenvalue weighted by molar-refractivity contribution is -0.0388. The lowest BCUT2D eigenvalue weighted by atomic mass is 10.0. The Balaban J connectivity index is 0.000000347. The van der Waals surface area contributed by atoms with Gasteiger partial charge < -0.3 is 125 Å². The van der Waals surface area contributed by atoms with Gasteiger partial charge >= 0.3 is 22.8 Å². The second-order valence-electron chi connectivity index (χ2n) is 32.3. The average molecular weight is 2040 g/mol. The molecule has 7 aliphatic rings. The maximum absolute atomic E-state index is 14.9. The number of hydrogen-bond acceptors (Lipinski definition) is 23. The van der Waals surface area contributed by atoms with Gasteiger partial charge in [-0.25, -0.2) is 30.7 Å². The molecule has 12 N–H and O–H groups in total. The van der Waals surface area contributed by atoms with Gasteiger partial charge in [0.25, 0.3) is 0 Å². The average Bonchev–Trinajstić information content (AvgIpc) is 1.65. The molecule has 3 aromatic rings. The molecular weight excluding hydrogens is 1900 g/mol. The molecule has 7 heterocycles. The zero-order chi connectivity index (χ0) is 108. The maximum atomic E-state index is 14.9. The van der Waals surface area contributed by atoms with Gasteiger partial charge in [-0.1, -0.05) is 91.0 Å². The van der Waals surface area contributed by atoms with E-state index in [1.807, 2.05) is 6.07 Å². The predicted molar refractivity (Wildman–Crippen MR) is 481 cm³/mol. The molecule has 3 aromatic carbocycles. The van der Waals surface area contributed by atoms with Crippen LogP contribution in [0.2, 0.25) is 0 Å². The third-order valence-electron chi connectivity index (χ3n) is 17.7. The molecular formula is C85H132F7O33P7. The van der Waals surface area contributed by atoms with E-state index in [9.17, 15) is 82.3 Å². The minimum atomic E-state index is -4.85. The van der Waals surface area contributed by atoms with E-state index in [-0.39, 0.29) is 69.2 Å². The number of ether oxygens (including phenoxy) is 14. The fraction of sp³-hybridized carbons (Fsp3) is 0.624. The van der Waals surface area contributed by atoms with E-state index >= 15 is 0 Å². The first-order valence-corrected chi connectivity index (χ1v) is 54.2. The summed E-state index contributed by atoms with van der Waals surface area (Å²) in [5.41, 5.74) is 1.90. The van der Waals surface area contributed by atoms with Crippen LogP contribution in [0.1, 0.15) is 146 Å². The summed E-state index contributed by atoms with van der Waals surface area (Å²) in [4.78, 5) is 90.7. The highest BCUT2D eigenvalue weighted by molar-refractivity contribution is 7.61. The van der Waals surface area contributed by atoms with Crippen LogP contribution in [0.4, 0.5) is 30.7 Å². The van der Waals surface area contributed by atoms with Crippen LogP contribution in [0.3, 0.4) is 0 Å². The second kappa shape index (κ2) is 56.4. The zero-order valence-electron chi connectivity index (χ0n) is 85.3. The van der Waals surface area contributed by atoms with Crippen LogP contribution in [0.15, 0.2) is 174 Å². The maximum Gasteiger partial charge on any atom is 0.348 e. The standard InChI is InChI=1S/C16H22FO5P.C16H22FO4P.C15H20FO5P.C10H18FO5P.C10H18FO4P.2C9H16FO5P/c1-11(2)21-16-13(8-9-23(19,20)10-18)22-15(14(16)17)12-6-4-3-5-7-12;1-11(2)20-16-13(9-10-22(3,18)19)21-15(14(16)17)12-7-5-4-6-8-12;1-10(2)20-15-12(8-9-22(17,18)19)21-14(13(15)16)11-6-4-3-5-7-11;1-7(2)16-10-8(11)5-15-9(10)3-4-17(13,14)6-12;1-7(2)15-10-8(11)6-14-9(10)4-5-16(3,12)13;2*1-6(2)15-9-7(10)5-14-8(9)3-4-16(11,12)13/h3-9,11,13-16,18H,10H2,1-2H3,(H,19,20);4-11,13-16H,1-3H3,(H,18,19);3-10,12-15H,1-2H3,(H2,17,18,19);3-4,7-10,12H,5-6H2,1-2H3,(H,13,14);4-5,7-10H,6H2,1-3H3,(H,12,13);2*3-4,6-9H,5H2,1-2H3,(H2,11,12,13)/b9-8+;10-9+;9-8+;4-3+;5-4+;2*4-3+/t2*13-,14+,15+,16-;12-,13+,14+,15-;2*8-,9+,10-;2*7-,8+,9-/m1110000/s1/i9D;10D;9D;3D,4D;4D,5D;3D,4D;4D. The fourth-order valence-electron chi connectivity index (χ4n) is 12.6. The first-order valence-electron chi connectivity index (χ1n) is 46.4. The number of alkyl halides is 7. The molecule has 0 radical (unpaired) electrons. The minimum Gasteiger partial charge on any atom is -0.386 e. The van der Waals surface area contributed by atoms with Crippen molar-refractivity contribution in [2.45, 2.75) is 287 Å². The van der Waals surface area contributed by atoms with Gasteiger partial charge in [0.15, 0.2) is 43.2 Å². The van der Waals surface area contributed by atoms with Gasteiger partial charge in [-0.2, -0.15) is 0 Å².